The summed E-state index contributed by atoms with van der Waals surface area (Å²) in [6, 6.07) is 0. The average molecular weight is 270 g/mol. The number of hydrogen-bond acceptors (Lipinski definition) is 5. The molecule has 0 aromatic rings. The molecular formula is C14H22O5. The molecule has 108 valence electrons. The summed E-state index contributed by atoms with van der Waals surface area (Å²) < 4.78 is 10.3. The van der Waals surface area contributed by atoms with Gasteiger partial charge in [-0.2, -0.15) is 0 Å². The lowest BCUT2D eigenvalue weighted by Gasteiger charge is -2.30. The van der Waals surface area contributed by atoms with E-state index in [4.69, 9.17) is 9.47 Å². The number of ether oxygens (including phenoxy) is 2. The SMILES string of the molecule is CCOC(=O)[C@@H]1CCC(=O)CC1C(=O)OC(C)(C)C. The third-order valence-electron chi connectivity index (χ3n) is 2.97. The molecule has 1 unspecified atom stereocenters. The Morgan fingerprint density at radius 1 is 1.21 bits per heavy atom. The summed E-state index contributed by atoms with van der Waals surface area (Å²) in [6.07, 6.45) is 0.753. The average Bonchev–Trinajstić information content (AvgIpc) is 2.26. The summed E-state index contributed by atoms with van der Waals surface area (Å²) in [5, 5.41) is 0. The Kier molecular flexibility index (Phi) is 5.09. The van der Waals surface area contributed by atoms with Gasteiger partial charge in [-0.15, -0.1) is 0 Å². The molecule has 1 fully saturated rings. The molecule has 0 heterocycles. The van der Waals surface area contributed by atoms with Crippen molar-refractivity contribution in [1.29, 1.82) is 0 Å². The van der Waals surface area contributed by atoms with Crippen LogP contribution >= 0.6 is 0 Å². The Bertz CT molecular complexity index is 367. The van der Waals surface area contributed by atoms with E-state index in [1.165, 1.54) is 0 Å². The highest BCUT2D eigenvalue weighted by Gasteiger charge is 2.41. The highest BCUT2D eigenvalue weighted by atomic mass is 16.6. The Balaban J connectivity index is 2.81. The minimum Gasteiger partial charge on any atom is -0.466 e. The highest BCUT2D eigenvalue weighted by molar-refractivity contribution is 5.90. The fourth-order valence-electron chi connectivity index (χ4n) is 2.16. The minimum atomic E-state index is -0.709. The van der Waals surface area contributed by atoms with E-state index in [0.717, 1.165) is 0 Å². The van der Waals surface area contributed by atoms with Crippen LogP contribution in [0.4, 0.5) is 0 Å². The molecule has 0 spiro atoms. The molecule has 1 rings (SSSR count). The first kappa shape index (κ1) is 15.7. The summed E-state index contributed by atoms with van der Waals surface area (Å²) in [4.78, 5) is 35.4. The second-order valence-electron chi connectivity index (χ2n) is 5.78. The van der Waals surface area contributed by atoms with Crippen molar-refractivity contribution >= 4 is 17.7 Å². The van der Waals surface area contributed by atoms with E-state index in [1.54, 1.807) is 27.7 Å². The number of carbonyl (C=O) groups excluding carboxylic acids is 3. The minimum absolute atomic E-state index is 0.00333. The molecule has 0 aromatic heterocycles. The van der Waals surface area contributed by atoms with Gasteiger partial charge in [-0.3, -0.25) is 14.4 Å². The predicted octanol–water partition coefficient (Wildman–Crippen LogP) is 1.88. The van der Waals surface area contributed by atoms with E-state index < -0.39 is 29.4 Å². The van der Waals surface area contributed by atoms with Crippen LogP contribution in [0.3, 0.4) is 0 Å². The van der Waals surface area contributed by atoms with Crippen LogP contribution in [0, 0.1) is 11.8 Å². The van der Waals surface area contributed by atoms with E-state index >= 15 is 0 Å². The van der Waals surface area contributed by atoms with E-state index in [9.17, 15) is 14.4 Å². The number of esters is 2. The molecule has 0 radical (unpaired) electrons. The van der Waals surface area contributed by atoms with Gasteiger partial charge in [-0.05, 0) is 34.1 Å². The van der Waals surface area contributed by atoms with Crippen LogP contribution in [-0.2, 0) is 23.9 Å². The summed E-state index contributed by atoms with van der Waals surface area (Å²) in [5.74, 6) is -2.17. The van der Waals surface area contributed by atoms with Gasteiger partial charge in [-0.25, -0.2) is 0 Å². The van der Waals surface area contributed by atoms with Crippen molar-refractivity contribution < 1.29 is 23.9 Å². The van der Waals surface area contributed by atoms with E-state index in [2.05, 4.69) is 0 Å². The molecule has 5 heteroatoms. The van der Waals surface area contributed by atoms with Crippen LogP contribution in [0.2, 0.25) is 0 Å². The van der Waals surface area contributed by atoms with Crippen molar-refractivity contribution in [3.05, 3.63) is 0 Å². The van der Waals surface area contributed by atoms with Gasteiger partial charge < -0.3 is 9.47 Å². The first-order valence-electron chi connectivity index (χ1n) is 6.65. The molecule has 2 atom stereocenters. The summed E-state index contributed by atoms with van der Waals surface area (Å²) >= 11 is 0. The quantitative estimate of drug-likeness (QED) is 0.732. The second kappa shape index (κ2) is 6.17. The molecule has 1 aliphatic rings. The number of Topliss-reactive ketones (excluding diaryl/α,β-unsaturated/α-hetero) is 1. The fraction of sp³-hybridized carbons (Fsp3) is 0.786. The first-order chi connectivity index (χ1) is 8.74. The van der Waals surface area contributed by atoms with Crippen LogP contribution in [0.25, 0.3) is 0 Å². The molecule has 0 bridgehead atoms. The van der Waals surface area contributed by atoms with Gasteiger partial charge >= 0.3 is 11.9 Å². The summed E-state index contributed by atoms with van der Waals surface area (Å²) in [7, 11) is 0. The Morgan fingerprint density at radius 2 is 1.84 bits per heavy atom. The van der Waals surface area contributed by atoms with Crippen LogP contribution in [0.15, 0.2) is 0 Å². The molecule has 0 aliphatic heterocycles. The predicted molar refractivity (Wildman–Crippen MR) is 68.3 cm³/mol. The van der Waals surface area contributed by atoms with Gasteiger partial charge in [0.1, 0.15) is 11.4 Å². The second-order valence-corrected chi connectivity index (χ2v) is 5.78. The molecule has 5 nitrogen and oxygen atoms in total. The maximum atomic E-state index is 12.1. The molecule has 1 saturated carbocycles. The molecule has 0 saturated heterocycles. The van der Waals surface area contributed by atoms with Gasteiger partial charge in [0, 0.05) is 12.8 Å². The van der Waals surface area contributed by atoms with E-state index in [0.29, 0.717) is 12.8 Å². The zero-order chi connectivity index (χ0) is 14.6. The lowest BCUT2D eigenvalue weighted by molar-refractivity contribution is -0.171. The Labute approximate surface area is 113 Å². The smallest absolute Gasteiger partial charge is 0.310 e. The van der Waals surface area contributed by atoms with Gasteiger partial charge in [0.2, 0.25) is 0 Å². The molecule has 19 heavy (non-hydrogen) atoms. The lowest BCUT2D eigenvalue weighted by atomic mass is 9.78. The Morgan fingerprint density at radius 3 is 2.37 bits per heavy atom. The van der Waals surface area contributed by atoms with Crippen molar-refractivity contribution in [2.24, 2.45) is 11.8 Å². The van der Waals surface area contributed by atoms with Crippen molar-refractivity contribution in [1.82, 2.24) is 0 Å². The summed E-state index contributed by atoms with van der Waals surface area (Å²) in [5.41, 5.74) is -0.628. The number of ketones is 1. The van der Waals surface area contributed by atoms with Crippen molar-refractivity contribution in [3.8, 4) is 0 Å². The fourth-order valence-corrected chi connectivity index (χ4v) is 2.16. The largest absolute Gasteiger partial charge is 0.466 e. The molecular weight excluding hydrogens is 248 g/mol. The zero-order valence-electron chi connectivity index (χ0n) is 12.0. The maximum Gasteiger partial charge on any atom is 0.310 e. The van der Waals surface area contributed by atoms with Crippen molar-refractivity contribution in [3.63, 3.8) is 0 Å². The van der Waals surface area contributed by atoms with Crippen LogP contribution in [0.5, 0.6) is 0 Å². The molecule has 0 aromatic carbocycles. The van der Waals surface area contributed by atoms with Gasteiger partial charge in [0.05, 0.1) is 18.4 Å². The van der Waals surface area contributed by atoms with Crippen LogP contribution < -0.4 is 0 Å². The zero-order valence-corrected chi connectivity index (χ0v) is 12.0. The van der Waals surface area contributed by atoms with Crippen molar-refractivity contribution in [2.45, 2.75) is 52.6 Å². The van der Waals surface area contributed by atoms with E-state index in [1.807, 2.05) is 0 Å². The molecule has 1 aliphatic carbocycles. The number of rotatable bonds is 3. The topological polar surface area (TPSA) is 69.7 Å². The third kappa shape index (κ3) is 4.65. The van der Waals surface area contributed by atoms with E-state index in [-0.39, 0.29) is 18.8 Å². The molecule has 0 N–H and O–H groups in total. The lowest BCUT2D eigenvalue weighted by Crippen LogP contribution is -2.40. The van der Waals surface area contributed by atoms with Crippen LogP contribution in [0.1, 0.15) is 47.0 Å². The van der Waals surface area contributed by atoms with Gasteiger partial charge in [0.25, 0.3) is 0 Å². The number of hydrogen-bond donors (Lipinski definition) is 0. The van der Waals surface area contributed by atoms with Crippen molar-refractivity contribution in [2.75, 3.05) is 6.61 Å². The third-order valence-corrected chi connectivity index (χ3v) is 2.97. The maximum absolute atomic E-state index is 12.1. The highest BCUT2D eigenvalue weighted by Crippen LogP contribution is 2.31. The monoisotopic (exact) mass is 270 g/mol. The van der Waals surface area contributed by atoms with Crippen LogP contribution in [-0.4, -0.2) is 29.9 Å². The van der Waals surface area contributed by atoms with Gasteiger partial charge in [0.15, 0.2) is 0 Å². The van der Waals surface area contributed by atoms with Gasteiger partial charge in [-0.1, -0.05) is 0 Å². The standard InChI is InChI=1S/C14H22O5/c1-5-18-12(16)10-7-6-9(15)8-11(10)13(17)19-14(2,3)4/h10-11H,5-8H2,1-4H3/t10-,11?/m1/s1. The number of carbonyl (C=O) groups is 3. The normalized spacial score (nSPS) is 23.9. The Hall–Kier alpha value is -1.39. The first-order valence-corrected chi connectivity index (χ1v) is 6.65. The summed E-state index contributed by atoms with van der Waals surface area (Å²) in [6.45, 7) is 7.26. The molecule has 0 amide bonds.